The highest BCUT2D eigenvalue weighted by atomic mass is 16.1. The molecule has 0 unspecified atom stereocenters. The van der Waals surface area contributed by atoms with Crippen LogP contribution in [-0.4, -0.2) is 11.6 Å². The fourth-order valence-corrected chi connectivity index (χ4v) is 0.716. The van der Waals surface area contributed by atoms with Gasteiger partial charge < -0.3 is 5.73 Å². The molecule has 68 valence electrons. The van der Waals surface area contributed by atoms with Gasteiger partial charge in [-0.3, -0.25) is 10.2 Å². The Hall–Kier alpha value is -1.84. The van der Waals surface area contributed by atoms with Crippen LogP contribution in [0.1, 0.15) is 6.92 Å². The van der Waals surface area contributed by atoms with Gasteiger partial charge in [-0.25, -0.2) is 0 Å². The van der Waals surface area contributed by atoms with Crippen LogP contribution in [-0.2, 0) is 4.79 Å². The Balaban J connectivity index is 2.62. The number of primary amides is 1. The van der Waals surface area contributed by atoms with E-state index in [0.717, 1.165) is 5.69 Å². The lowest BCUT2D eigenvalue weighted by molar-refractivity contribution is -0.112. The number of benzene rings is 1. The molecule has 0 saturated heterocycles. The lowest BCUT2D eigenvalue weighted by Crippen LogP contribution is -2.21. The van der Waals surface area contributed by atoms with Crippen molar-refractivity contribution in [1.82, 2.24) is 0 Å². The highest BCUT2D eigenvalue weighted by Crippen LogP contribution is 2.04. The fourth-order valence-electron chi connectivity index (χ4n) is 0.716. The van der Waals surface area contributed by atoms with Crippen LogP contribution < -0.4 is 11.2 Å². The molecular weight excluding hydrogens is 166 g/mol. The van der Waals surface area contributed by atoms with Crippen molar-refractivity contribution in [3.63, 3.8) is 0 Å². The zero-order valence-electron chi connectivity index (χ0n) is 7.32. The molecule has 1 amide bonds. The number of carbonyl (C=O) groups excluding carboxylic acids is 1. The van der Waals surface area contributed by atoms with E-state index in [2.05, 4.69) is 10.5 Å². The summed E-state index contributed by atoms with van der Waals surface area (Å²) >= 11 is 0. The number of hydrogen-bond acceptors (Lipinski definition) is 3. The molecule has 1 rings (SSSR count). The summed E-state index contributed by atoms with van der Waals surface area (Å²) in [6.45, 7) is 1.55. The summed E-state index contributed by atoms with van der Waals surface area (Å²) in [5, 5.41) is 3.79. The number of amides is 1. The molecule has 0 fully saturated rings. The van der Waals surface area contributed by atoms with E-state index < -0.39 is 5.91 Å². The van der Waals surface area contributed by atoms with E-state index in [4.69, 9.17) is 5.73 Å². The molecule has 0 saturated carbocycles. The lowest BCUT2D eigenvalue weighted by Gasteiger charge is -1.99. The van der Waals surface area contributed by atoms with Gasteiger partial charge in [-0.2, -0.15) is 5.10 Å². The molecule has 0 radical (unpaired) electrons. The first-order chi connectivity index (χ1) is 6.20. The fraction of sp³-hybridized carbons (Fsp3) is 0.111. The SMILES string of the molecule is CC(=NNc1ccccc1)C(N)=O. The van der Waals surface area contributed by atoms with Gasteiger partial charge in [0.05, 0.1) is 5.69 Å². The standard InChI is InChI=1S/C9H11N3O/c1-7(9(10)13)11-12-8-5-3-2-4-6-8/h2-6,12H,1H3,(H2,10,13). The van der Waals surface area contributed by atoms with Gasteiger partial charge in [-0.05, 0) is 19.1 Å². The number of hydrazone groups is 1. The Kier molecular flexibility index (Phi) is 3.03. The summed E-state index contributed by atoms with van der Waals surface area (Å²) in [6.07, 6.45) is 0. The first-order valence-corrected chi connectivity index (χ1v) is 3.85. The van der Waals surface area contributed by atoms with Gasteiger partial charge in [0.2, 0.25) is 0 Å². The second-order valence-electron chi connectivity index (χ2n) is 2.54. The van der Waals surface area contributed by atoms with Crippen molar-refractivity contribution in [3.05, 3.63) is 30.3 Å². The van der Waals surface area contributed by atoms with Crippen LogP contribution in [0.5, 0.6) is 0 Å². The van der Waals surface area contributed by atoms with Gasteiger partial charge in [0.25, 0.3) is 5.91 Å². The Labute approximate surface area is 76.4 Å². The normalized spacial score (nSPS) is 11.0. The van der Waals surface area contributed by atoms with Crippen LogP contribution >= 0.6 is 0 Å². The highest BCUT2D eigenvalue weighted by molar-refractivity contribution is 6.37. The zero-order chi connectivity index (χ0) is 9.68. The summed E-state index contributed by atoms with van der Waals surface area (Å²) < 4.78 is 0. The predicted molar refractivity (Wildman–Crippen MR) is 52.4 cm³/mol. The topological polar surface area (TPSA) is 67.5 Å². The van der Waals surface area contributed by atoms with Crippen molar-refractivity contribution in [2.75, 3.05) is 5.43 Å². The molecule has 13 heavy (non-hydrogen) atoms. The zero-order valence-corrected chi connectivity index (χ0v) is 7.32. The first-order valence-electron chi connectivity index (χ1n) is 3.85. The monoisotopic (exact) mass is 177 g/mol. The largest absolute Gasteiger partial charge is 0.365 e. The molecule has 0 aliphatic rings. The van der Waals surface area contributed by atoms with Gasteiger partial charge in [-0.1, -0.05) is 18.2 Å². The Morgan fingerprint density at radius 1 is 1.38 bits per heavy atom. The maximum Gasteiger partial charge on any atom is 0.264 e. The van der Waals surface area contributed by atoms with Gasteiger partial charge in [0.15, 0.2) is 0 Å². The van der Waals surface area contributed by atoms with Crippen LogP contribution in [0.4, 0.5) is 5.69 Å². The van der Waals surface area contributed by atoms with E-state index in [9.17, 15) is 4.79 Å². The third-order valence-corrected chi connectivity index (χ3v) is 1.48. The molecule has 3 N–H and O–H groups in total. The van der Waals surface area contributed by atoms with Crippen LogP contribution in [0.15, 0.2) is 35.4 Å². The van der Waals surface area contributed by atoms with Crippen molar-refractivity contribution in [3.8, 4) is 0 Å². The molecule has 1 aromatic carbocycles. The van der Waals surface area contributed by atoms with Gasteiger partial charge in [-0.15, -0.1) is 0 Å². The maximum absolute atomic E-state index is 10.6. The third kappa shape index (κ3) is 2.94. The number of anilines is 1. The van der Waals surface area contributed by atoms with Crippen molar-refractivity contribution in [1.29, 1.82) is 0 Å². The van der Waals surface area contributed by atoms with Gasteiger partial charge >= 0.3 is 0 Å². The molecule has 0 spiro atoms. The van der Waals surface area contributed by atoms with E-state index in [0.29, 0.717) is 0 Å². The average molecular weight is 177 g/mol. The number of para-hydroxylation sites is 1. The maximum atomic E-state index is 10.6. The predicted octanol–water partition coefficient (Wildman–Crippen LogP) is 0.960. The minimum atomic E-state index is -0.525. The second-order valence-corrected chi connectivity index (χ2v) is 2.54. The van der Waals surface area contributed by atoms with Crippen LogP contribution in [0.3, 0.4) is 0 Å². The van der Waals surface area contributed by atoms with Crippen molar-refractivity contribution < 1.29 is 4.79 Å². The van der Waals surface area contributed by atoms with E-state index in [-0.39, 0.29) is 5.71 Å². The molecule has 1 aromatic rings. The molecule has 4 nitrogen and oxygen atoms in total. The van der Waals surface area contributed by atoms with Gasteiger partial charge in [0.1, 0.15) is 5.71 Å². The minimum Gasteiger partial charge on any atom is -0.365 e. The quantitative estimate of drug-likeness (QED) is 0.533. The molecule has 4 heteroatoms. The summed E-state index contributed by atoms with van der Waals surface area (Å²) in [4.78, 5) is 10.6. The Morgan fingerprint density at radius 2 is 2.00 bits per heavy atom. The van der Waals surface area contributed by atoms with E-state index in [1.807, 2.05) is 30.3 Å². The number of carbonyl (C=O) groups is 1. The van der Waals surface area contributed by atoms with Crippen molar-refractivity contribution in [2.24, 2.45) is 10.8 Å². The third-order valence-electron chi connectivity index (χ3n) is 1.48. The summed E-state index contributed by atoms with van der Waals surface area (Å²) in [7, 11) is 0. The number of hydrogen-bond donors (Lipinski definition) is 2. The smallest absolute Gasteiger partial charge is 0.264 e. The number of nitrogens with one attached hydrogen (secondary N) is 1. The molecular formula is C9H11N3O. The molecule has 0 atom stereocenters. The van der Waals surface area contributed by atoms with Crippen LogP contribution in [0.2, 0.25) is 0 Å². The van der Waals surface area contributed by atoms with E-state index >= 15 is 0 Å². The molecule has 0 aliphatic carbocycles. The Bertz CT molecular complexity index is 319. The summed E-state index contributed by atoms with van der Waals surface area (Å²) in [6, 6.07) is 9.33. The first kappa shape index (κ1) is 9.25. The summed E-state index contributed by atoms with van der Waals surface area (Å²) in [5.41, 5.74) is 8.78. The van der Waals surface area contributed by atoms with Crippen molar-refractivity contribution in [2.45, 2.75) is 6.92 Å². The molecule has 0 heterocycles. The molecule has 0 aromatic heterocycles. The second kappa shape index (κ2) is 4.25. The molecule has 0 aliphatic heterocycles. The van der Waals surface area contributed by atoms with E-state index in [1.54, 1.807) is 6.92 Å². The highest BCUT2D eigenvalue weighted by Gasteiger charge is 1.97. The summed E-state index contributed by atoms with van der Waals surface area (Å²) in [5.74, 6) is -0.525. The molecule has 0 bridgehead atoms. The minimum absolute atomic E-state index is 0.254. The number of nitrogens with two attached hydrogens (primary N) is 1. The number of nitrogens with zero attached hydrogens (tertiary/aromatic N) is 1. The van der Waals surface area contributed by atoms with Gasteiger partial charge in [0, 0.05) is 0 Å². The van der Waals surface area contributed by atoms with Crippen LogP contribution in [0, 0.1) is 0 Å². The van der Waals surface area contributed by atoms with Crippen LogP contribution in [0.25, 0.3) is 0 Å². The average Bonchev–Trinajstić information content (AvgIpc) is 2.15. The number of rotatable bonds is 3. The van der Waals surface area contributed by atoms with E-state index in [1.165, 1.54) is 0 Å². The van der Waals surface area contributed by atoms with Crippen molar-refractivity contribution >= 4 is 17.3 Å². The Morgan fingerprint density at radius 3 is 2.54 bits per heavy atom. The lowest BCUT2D eigenvalue weighted by atomic mass is 10.3.